The Hall–Kier alpha value is -5.14. The number of carbonyl (C=O) groups excluding carboxylic acids is 6. The number of nitrogens with zero attached hydrogens (tertiary/aromatic N) is 1. The van der Waals surface area contributed by atoms with Crippen molar-refractivity contribution in [1.82, 2.24) is 5.32 Å². The average molecular weight is 788 g/mol. The van der Waals surface area contributed by atoms with Crippen LogP contribution in [0.4, 0.5) is 15.3 Å². The predicted molar refractivity (Wildman–Crippen MR) is 206 cm³/mol. The summed E-state index contributed by atoms with van der Waals surface area (Å²) in [4.78, 5) is 76.0. The van der Waals surface area contributed by atoms with Gasteiger partial charge in [-0.05, 0) is 114 Å². The number of nitrogens with one attached hydrogen (secondary N) is 1. The summed E-state index contributed by atoms with van der Waals surface area (Å²) in [6.45, 7) is 0. The molecule has 14 heteroatoms. The van der Waals surface area contributed by atoms with Crippen molar-refractivity contribution < 1.29 is 38.2 Å². The van der Waals surface area contributed by atoms with Crippen LogP contribution in [0.2, 0.25) is 10.0 Å². The van der Waals surface area contributed by atoms with Crippen LogP contribution in [0.15, 0.2) is 101 Å². The summed E-state index contributed by atoms with van der Waals surface area (Å²) < 4.78 is 10.9. The molecule has 10 nitrogen and oxygen atoms in total. The first-order valence-electron chi connectivity index (χ1n) is 16.2. The highest BCUT2D eigenvalue weighted by Gasteiger charge is 2.36. The van der Waals surface area contributed by atoms with E-state index in [1.54, 1.807) is 42.5 Å². The number of halogens is 2. The molecule has 4 aromatic carbocycles. The lowest BCUT2D eigenvalue weighted by Gasteiger charge is -2.14. The third kappa shape index (κ3) is 9.85. The van der Waals surface area contributed by atoms with E-state index in [0.717, 1.165) is 39.6 Å². The number of anilines is 1. The first-order chi connectivity index (χ1) is 25.5. The number of hydrogen-bond donors (Lipinski definition) is 1. The van der Waals surface area contributed by atoms with Gasteiger partial charge >= 0.3 is 11.9 Å². The van der Waals surface area contributed by atoms with Gasteiger partial charge in [-0.15, -0.1) is 0 Å². The van der Waals surface area contributed by atoms with E-state index in [2.05, 4.69) is 5.32 Å². The minimum absolute atomic E-state index is 0.0866. The van der Waals surface area contributed by atoms with Crippen LogP contribution in [0.1, 0.15) is 41.5 Å². The molecule has 0 saturated carbocycles. The number of ether oxygens (including phenoxy) is 2. The molecule has 2 aliphatic rings. The highest BCUT2D eigenvalue weighted by Crippen LogP contribution is 2.37. The third-order valence-electron chi connectivity index (χ3n) is 7.89. The monoisotopic (exact) mass is 786 g/mol. The molecule has 2 heterocycles. The second kappa shape index (κ2) is 17.1. The van der Waals surface area contributed by atoms with Crippen LogP contribution >= 0.6 is 46.7 Å². The number of hydrogen-bond acceptors (Lipinski definition) is 10. The first-order valence-corrected chi connectivity index (χ1v) is 18.6. The van der Waals surface area contributed by atoms with Crippen LogP contribution in [-0.2, 0) is 32.0 Å². The standard InChI is InChI=1S/C39H28Cl2N2O8S2/c40-30-21-28(15-13-25(30)19-32-36(46)42-38(48)52-32)50-34(44)11-5-9-24-8-4-10-27(18-24)43-37(47)33(53-39(43)49)20-26-14-16-29(22-31(26)41)51-35(45)17-12-23-6-2-1-3-7-23/h1-4,6-8,10,13-16,18-22H,5,9,11-12,17H2,(H,42,46,48)/b32-19-,33-20-. The second-order valence-electron chi connectivity index (χ2n) is 11.7. The molecule has 268 valence electrons. The molecule has 4 amide bonds. The number of amides is 4. The molecule has 2 saturated heterocycles. The summed E-state index contributed by atoms with van der Waals surface area (Å²) in [5, 5.41) is 1.73. The highest BCUT2D eigenvalue weighted by atomic mass is 35.5. The van der Waals surface area contributed by atoms with Gasteiger partial charge in [-0.3, -0.25) is 34.1 Å². The molecular formula is C39H28Cl2N2O8S2. The lowest BCUT2D eigenvalue weighted by molar-refractivity contribution is -0.135. The first kappa shape index (κ1) is 37.6. The second-order valence-corrected chi connectivity index (χ2v) is 14.5. The maximum Gasteiger partial charge on any atom is 0.311 e. The molecule has 2 fully saturated rings. The number of rotatable bonds is 12. The third-order valence-corrected chi connectivity index (χ3v) is 10.2. The number of imide groups is 2. The van der Waals surface area contributed by atoms with Crippen molar-refractivity contribution in [2.75, 3.05) is 4.90 Å². The van der Waals surface area contributed by atoms with E-state index in [1.807, 2.05) is 36.4 Å². The Balaban J connectivity index is 1.01. The molecule has 0 aromatic heterocycles. The Morgan fingerprint density at radius 3 is 1.92 bits per heavy atom. The molecule has 0 aliphatic carbocycles. The van der Waals surface area contributed by atoms with Gasteiger partial charge in [-0.1, -0.05) is 65.7 Å². The molecule has 0 bridgehead atoms. The van der Waals surface area contributed by atoms with E-state index in [9.17, 15) is 28.8 Å². The van der Waals surface area contributed by atoms with Crippen LogP contribution < -0.4 is 19.7 Å². The van der Waals surface area contributed by atoms with E-state index in [1.165, 1.54) is 24.3 Å². The van der Waals surface area contributed by atoms with Crippen molar-refractivity contribution in [1.29, 1.82) is 0 Å². The number of benzene rings is 4. The zero-order chi connectivity index (χ0) is 37.5. The number of thioether (sulfide) groups is 2. The summed E-state index contributed by atoms with van der Waals surface area (Å²) in [6.07, 6.45) is 4.74. The van der Waals surface area contributed by atoms with E-state index < -0.39 is 34.2 Å². The maximum absolute atomic E-state index is 13.4. The summed E-state index contributed by atoms with van der Waals surface area (Å²) in [6, 6.07) is 25.8. The van der Waals surface area contributed by atoms with Gasteiger partial charge in [-0.2, -0.15) is 0 Å². The molecule has 0 radical (unpaired) electrons. The summed E-state index contributed by atoms with van der Waals surface area (Å²) in [5.74, 6) is -1.40. The Labute approximate surface area is 322 Å². The quantitative estimate of drug-likeness (QED) is 0.0842. The summed E-state index contributed by atoms with van der Waals surface area (Å²) in [7, 11) is 0. The molecule has 4 aromatic rings. The Morgan fingerprint density at radius 1 is 0.679 bits per heavy atom. The average Bonchev–Trinajstić information content (AvgIpc) is 3.60. The van der Waals surface area contributed by atoms with E-state index in [0.29, 0.717) is 36.1 Å². The summed E-state index contributed by atoms with van der Waals surface area (Å²) in [5.41, 5.74) is 3.19. The van der Waals surface area contributed by atoms with Crippen LogP contribution in [0, 0.1) is 0 Å². The van der Waals surface area contributed by atoms with Gasteiger partial charge in [0.2, 0.25) is 0 Å². The topological polar surface area (TPSA) is 136 Å². The zero-order valence-corrected chi connectivity index (χ0v) is 30.8. The molecule has 2 aliphatic heterocycles. The van der Waals surface area contributed by atoms with Crippen molar-refractivity contribution in [3.05, 3.63) is 133 Å². The molecule has 0 spiro atoms. The number of carbonyl (C=O) groups is 6. The largest absolute Gasteiger partial charge is 0.426 e. The van der Waals surface area contributed by atoms with Gasteiger partial charge < -0.3 is 9.47 Å². The molecule has 53 heavy (non-hydrogen) atoms. The van der Waals surface area contributed by atoms with Crippen molar-refractivity contribution in [3.8, 4) is 11.5 Å². The molecule has 1 N–H and O–H groups in total. The predicted octanol–water partition coefficient (Wildman–Crippen LogP) is 9.02. The normalized spacial score (nSPS) is 15.7. The minimum Gasteiger partial charge on any atom is -0.426 e. The van der Waals surface area contributed by atoms with Crippen LogP contribution in [-0.4, -0.2) is 34.2 Å². The fraction of sp³-hybridized carbons (Fsp3) is 0.128. The minimum atomic E-state index is -0.507. The van der Waals surface area contributed by atoms with E-state index in [4.69, 9.17) is 32.7 Å². The Bertz CT molecular complexity index is 2210. The van der Waals surface area contributed by atoms with Gasteiger partial charge in [0.25, 0.3) is 22.3 Å². The van der Waals surface area contributed by atoms with E-state index >= 15 is 0 Å². The maximum atomic E-state index is 13.4. The lowest BCUT2D eigenvalue weighted by Crippen LogP contribution is -2.27. The van der Waals surface area contributed by atoms with Crippen molar-refractivity contribution in [2.45, 2.75) is 32.1 Å². The highest BCUT2D eigenvalue weighted by molar-refractivity contribution is 8.19. The van der Waals surface area contributed by atoms with Crippen LogP contribution in [0.3, 0.4) is 0 Å². The molecule has 6 rings (SSSR count). The van der Waals surface area contributed by atoms with Gasteiger partial charge in [0, 0.05) is 25.0 Å². The van der Waals surface area contributed by atoms with Gasteiger partial charge in [0.1, 0.15) is 11.5 Å². The lowest BCUT2D eigenvalue weighted by atomic mass is 10.1. The molecule has 0 unspecified atom stereocenters. The van der Waals surface area contributed by atoms with Crippen LogP contribution in [0.5, 0.6) is 11.5 Å². The van der Waals surface area contributed by atoms with E-state index in [-0.39, 0.29) is 44.2 Å². The smallest absolute Gasteiger partial charge is 0.311 e. The van der Waals surface area contributed by atoms with Crippen LogP contribution in [0.25, 0.3) is 12.2 Å². The van der Waals surface area contributed by atoms with Gasteiger partial charge in [-0.25, -0.2) is 4.90 Å². The van der Waals surface area contributed by atoms with Crippen molar-refractivity contribution in [3.63, 3.8) is 0 Å². The van der Waals surface area contributed by atoms with Gasteiger partial charge in [0.05, 0.1) is 25.5 Å². The molecule has 0 atom stereocenters. The number of esters is 2. The summed E-state index contributed by atoms with van der Waals surface area (Å²) >= 11 is 14.3. The number of aryl methyl sites for hydroxylation is 2. The van der Waals surface area contributed by atoms with Crippen molar-refractivity contribution in [2.24, 2.45) is 0 Å². The fourth-order valence-corrected chi connectivity index (χ4v) is 7.27. The molecular weight excluding hydrogens is 759 g/mol. The fourth-order valence-electron chi connectivity index (χ4n) is 5.31. The Morgan fingerprint density at radius 2 is 1.30 bits per heavy atom. The van der Waals surface area contributed by atoms with Crippen molar-refractivity contribution >= 4 is 98.8 Å². The Kier molecular flexibility index (Phi) is 12.2. The SMILES string of the molecule is O=C(CCCc1cccc(N2C(=O)S/C(=C\c3ccc(OC(=O)CCc4ccccc4)cc3Cl)C2=O)c1)Oc1ccc(/C=C2\SC(=O)NC2=O)c(Cl)c1. The van der Waals surface area contributed by atoms with Gasteiger partial charge in [0.15, 0.2) is 0 Å². The zero-order valence-electron chi connectivity index (χ0n) is 27.6.